The van der Waals surface area contributed by atoms with Crippen molar-refractivity contribution in [1.82, 2.24) is 5.32 Å². The van der Waals surface area contributed by atoms with Crippen molar-refractivity contribution < 1.29 is 9.50 Å². The number of halogens is 1. The van der Waals surface area contributed by atoms with Gasteiger partial charge in [0.1, 0.15) is 17.6 Å². The summed E-state index contributed by atoms with van der Waals surface area (Å²) in [4.78, 5) is 0. The third-order valence-electron chi connectivity index (χ3n) is 3.12. The second-order valence-corrected chi connectivity index (χ2v) is 4.45. The molecule has 2 N–H and O–H groups in total. The molecule has 0 heterocycles. The highest BCUT2D eigenvalue weighted by molar-refractivity contribution is 5.33. The maximum Gasteiger partial charge on any atom is 0.127 e. The van der Waals surface area contributed by atoms with Crippen LogP contribution < -0.4 is 5.32 Å². The summed E-state index contributed by atoms with van der Waals surface area (Å²) in [5, 5.41) is 21.6. The molecule has 4 heteroatoms. The molecule has 0 bridgehead atoms. The number of phenols is 1. The summed E-state index contributed by atoms with van der Waals surface area (Å²) in [6.45, 7) is 0. The van der Waals surface area contributed by atoms with E-state index in [2.05, 4.69) is 11.4 Å². The summed E-state index contributed by atoms with van der Waals surface area (Å²) in [5.41, 5.74) is 0.483. The van der Waals surface area contributed by atoms with Crippen molar-refractivity contribution in [2.24, 2.45) is 0 Å². The lowest BCUT2D eigenvalue weighted by atomic mass is 10.1. The summed E-state index contributed by atoms with van der Waals surface area (Å²) in [6.07, 6.45) is 4.45. The van der Waals surface area contributed by atoms with E-state index in [4.69, 9.17) is 5.26 Å². The lowest BCUT2D eigenvalue weighted by Gasteiger charge is -2.17. The van der Waals surface area contributed by atoms with Gasteiger partial charge in [-0.05, 0) is 30.5 Å². The van der Waals surface area contributed by atoms with Crippen molar-refractivity contribution in [3.05, 3.63) is 29.6 Å². The number of hydrogen-bond donors (Lipinski definition) is 2. The lowest BCUT2D eigenvalue weighted by molar-refractivity contribution is 0.461. The zero-order valence-electron chi connectivity index (χ0n) is 9.49. The van der Waals surface area contributed by atoms with E-state index < -0.39 is 11.9 Å². The number of rotatable bonds is 3. The average Bonchev–Trinajstić information content (AvgIpc) is 2.77. The molecular weight excluding hydrogens is 219 g/mol. The first-order valence-electron chi connectivity index (χ1n) is 5.84. The van der Waals surface area contributed by atoms with Crippen LogP contribution in [0.3, 0.4) is 0 Å². The third-order valence-corrected chi connectivity index (χ3v) is 3.12. The Morgan fingerprint density at radius 3 is 2.65 bits per heavy atom. The van der Waals surface area contributed by atoms with Crippen molar-refractivity contribution >= 4 is 0 Å². The second kappa shape index (κ2) is 5.15. The van der Waals surface area contributed by atoms with Crippen LogP contribution in [0, 0.1) is 17.1 Å². The van der Waals surface area contributed by atoms with Gasteiger partial charge in [-0.3, -0.25) is 5.32 Å². The molecule has 2 rings (SSSR count). The Labute approximate surface area is 99.9 Å². The van der Waals surface area contributed by atoms with Crippen molar-refractivity contribution in [1.29, 1.82) is 5.26 Å². The molecule has 1 aliphatic rings. The molecule has 1 aromatic carbocycles. The van der Waals surface area contributed by atoms with Gasteiger partial charge in [0.25, 0.3) is 0 Å². The minimum absolute atomic E-state index is 0.145. The third kappa shape index (κ3) is 2.95. The Morgan fingerprint density at radius 1 is 1.35 bits per heavy atom. The maximum absolute atomic E-state index is 13.1. The SMILES string of the molecule is N#CC(NC1CCCC1)c1cc(O)cc(F)c1. The standard InChI is InChI=1S/C13H15FN2O/c14-10-5-9(6-12(17)7-10)13(8-15)16-11-3-1-2-4-11/h5-7,11,13,16-17H,1-4H2. The molecule has 1 aliphatic carbocycles. The van der Waals surface area contributed by atoms with E-state index in [9.17, 15) is 9.50 Å². The fraction of sp³-hybridized carbons (Fsp3) is 0.462. The smallest absolute Gasteiger partial charge is 0.127 e. The van der Waals surface area contributed by atoms with Crippen LogP contribution in [-0.4, -0.2) is 11.1 Å². The fourth-order valence-electron chi connectivity index (χ4n) is 2.30. The Kier molecular flexibility index (Phi) is 3.60. The highest BCUT2D eigenvalue weighted by Gasteiger charge is 2.20. The summed E-state index contributed by atoms with van der Waals surface area (Å²) < 4.78 is 13.1. The Hall–Kier alpha value is -1.60. The number of nitrogens with zero attached hydrogens (tertiary/aromatic N) is 1. The van der Waals surface area contributed by atoms with Crippen molar-refractivity contribution in [3.63, 3.8) is 0 Å². The van der Waals surface area contributed by atoms with Crippen LogP contribution in [0.1, 0.15) is 37.3 Å². The second-order valence-electron chi connectivity index (χ2n) is 4.45. The summed E-state index contributed by atoms with van der Waals surface area (Å²) in [7, 11) is 0. The predicted molar refractivity (Wildman–Crippen MR) is 61.8 cm³/mol. The van der Waals surface area contributed by atoms with Gasteiger partial charge in [-0.2, -0.15) is 5.26 Å². The molecule has 1 aromatic rings. The van der Waals surface area contributed by atoms with Crippen LogP contribution >= 0.6 is 0 Å². The molecule has 90 valence electrons. The predicted octanol–water partition coefficient (Wildman–Crippen LogP) is 2.63. The van der Waals surface area contributed by atoms with Crippen LogP contribution in [0.5, 0.6) is 5.75 Å². The van der Waals surface area contributed by atoms with Gasteiger partial charge >= 0.3 is 0 Å². The van der Waals surface area contributed by atoms with Crippen LogP contribution in [0.4, 0.5) is 4.39 Å². The average molecular weight is 234 g/mol. The number of hydrogen-bond acceptors (Lipinski definition) is 3. The highest BCUT2D eigenvalue weighted by atomic mass is 19.1. The Morgan fingerprint density at radius 2 is 2.06 bits per heavy atom. The molecule has 1 saturated carbocycles. The van der Waals surface area contributed by atoms with Gasteiger partial charge in [0, 0.05) is 12.1 Å². The minimum atomic E-state index is -0.556. The molecular formula is C13H15FN2O. The van der Waals surface area contributed by atoms with Crippen LogP contribution in [0.25, 0.3) is 0 Å². The molecule has 1 unspecified atom stereocenters. The van der Waals surface area contributed by atoms with Gasteiger partial charge in [0.05, 0.1) is 6.07 Å². The van der Waals surface area contributed by atoms with E-state index in [1.165, 1.54) is 25.0 Å². The number of phenolic OH excluding ortho intramolecular Hbond substituents is 1. The van der Waals surface area contributed by atoms with Crippen molar-refractivity contribution in [2.75, 3.05) is 0 Å². The first-order chi connectivity index (χ1) is 8.19. The summed E-state index contributed by atoms with van der Waals surface area (Å²) >= 11 is 0. The van der Waals surface area contributed by atoms with Crippen LogP contribution in [0.15, 0.2) is 18.2 Å². The molecule has 1 fully saturated rings. The first kappa shape index (κ1) is 11.9. The van der Waals surface area contributed by atoms with Gasteiger partial charge in [0.2, 0.25) is 0 Å². The molecule has 1 atom stereocenters. The molecule has 3 nitrogen and oxygen atoms in total. The van der Waals surface area contributed by atoms with Gasteiger partial charge in [-0.15, -0.1) is 0 Å². The zero-order valence-corrected chi connectivity index (χ0v) is 9.49. The van der Waals surface area contributed by atoms with Crippen molar-refractivity contribution in [3.8, 4) is 11.8 Å². The van der Waals surface area contributed by atoms with E-state index in [0.717, 1.165) is 18.9 Å². The first-order valence-corrected chi connectivity index (χ1v) is 5.84. The highest BCUT2D eigenvalue weighted by Crippen LogP contribution is 2.24. The molecule has 0 radical (unpaired) electrons. The Balaban J connectivity index is 2.14. The number of aromatic hydroxyl groups is 1. The summed E-state index contributed by atoms with van der Waals surface area (Å²) in [5.74, 6) is -0.665. The quantitative estimate of drug-likeness (QED) is 0.845. The van der Waals surface area contributed by atoms with Gasteiger partial charge < -0.3 is 5.11 Å². The molecule has 0 aromatic heterocycles. The molecule has 0 spiro atoms. The molecule has 0 aliphatic heterocycles. The number of nitriles is 1. The molecule has 17 heavy (non-hydrogen) atoms. The lowest BCUT2D eigenvalue weighted by Crippen LogP contribution is -2.29. The molecule has 0 saturated heterocycles. The van der Waals surface area contributed by atoms with E-state index in [-0.39, 0.29) is 5.75 Å². The largest absolute Gasteiger partial charge is 0.508 e. The zero-order chi connectivity index (χ0) is 12.3. The van der Waals surface area contributed by atoms with E-state index >= 15 is 0 Å². The number of benzene rings is 1. The van der Waals surface area contributed by atoms with Crippen molar-refractivity contribution in [2.45, 2.75) is 37.8 Å². The minimum Gasteiger partial charge on any atom is -0.508 e. The Bertz CT molecular complexity index is 415. The fourth-order valence-corrected chi connectivity index (χ4v) is 2.30. The number of nitrogens with one attached hydrogen (secondary N) is 1. The normalized spacial score (nSPS) is 17.9. The monoisotopic (exact) mass is 234 g/mol. The van der Waals surface area contributed by atoms with Gasteiger partial charge in [-0.25, -0.2) is 4.39 Å². The topological polar surface area (TPSA) is 56.0 Å². The maximum atomic E-state index is 13.1. The van der Waals surface area contributed by atoms with Crippen LogP contribution in [-0.2, 0) is 0 Å². The van der Waals surface area contributed by atoms with Crippen LogP contribution in [0.2, 0.25) is 0 Å². The van der Waals surface area contributed by atoms with E-state index in [1.54, 1.807) is 0 Å². The van der Waals surface area contributed by atoms with Gasteiger partial charge in [0.15, 0.2) is 0 Å². The van der Waals surface area contributed by atoms with E-state index in [0.29, 0.717) is 11.6 Å². The summed E-state index contributed by atoms with van der Waals surface area (Å²) in [6, 6.07) is 5.63. The van der Waals surface area contributed by atoms with E-state index in [1.807, 2.05) is 0 Å². The van der Waals surface area contributed by atoms with Gasteiger partial charge in [-0.1, -0.05) is 12.8 Å². The molecule has 0 amide bonds.